The lowest BCUT2D eigenvalue weighted by atomic mass is 10.0. The fourth-order valence-electron chi connectivity index (χ4n) is 4.22. The summed E-state index contributed by atoms with van der Waals surface area (Å²) in [5, 5.41) is 9.38. The van der Waals surface area contributed by atoms with Crippen LogP contribution in [0.4, 0.5) is 21.7 Å². The second kappa shape index (κ2) is 8.42. The zero-order valence-electron chi connectivity index (χ0n) is 18.5. The molecular weight excluding hydrogens is 451 g/mol. The summed E-state index contributed by atoms with van der Waals surface area (Å²) in [7, 11) is 0. The molecule has 1 aliphatic heterocycles. The number of nitrogens with zero attached hydrogens (tertiary/aromatic N) is 4. The summed E-state index contributed by atoms with van der Waals surface area (Å²) in [4.78, 5) is 44.5. The minimum Gasteiger partial charge on any atom is -0.364 e. The van der Waals surface area contributed by atoms with Gasteiger partial charge in [0.05, 0.1) is 34.4 Å². The van der Waals surface area contributed by atoms with Crippen LogP contribution in [0.5, 0.6) is 0 Å². The number of hydrogen-bond acceptors (Lipinski definition) is 8. The third kappa shape index (κ3) is 4.16. The van der Waals surface area contributed by atoms with Crippen LogP contribution in [-0.4, -0.2) is 49.2 Å². The summed E-state index contributed by atoms with van der Waals surface area (Å²) in [6.07, 6.45) is 7.16. The number of halogens is 1. The number of aromatic amines is 1. The highest BCUT2D eigenvalue weighted by molar-refractivity contribution is 6.18. The first-order chi connectivity index (χ1) is 17.0. The van der Waals surface area contributed by atoms with Gasteiger partial charge >= 0.3 is 0 Å². The summed E-state index contributed by atoms with van der Waals surface area (Å²) in [6, 6.07) is 6.61. The highest BCUT2D eigenvalue weighted by Gasteiger charge is 2.26. The Hall–Kier alpha value is -4.41. The number of H-pyrrole nitrogens is 1. The minimum atomic E-state index is -0.895. The number of carbonyl (C=O) groups excluding carboxylic acids is 2. The Bertz CT molecular complexity index is 1450. The zero-order valence-corrected chi connectivity index (χ0v) is 18.5. The van der Waals surface area contributed by atoms with E-state index in [1.165, 1.54) is 31.4 Å². The van der Waals surface area contributed by atoms with Crippen LogP contribution in [0.3, 0.4) is 0 Å². The molecule has 11 heteroatoms. The van der Waals surface area contributed by atoms with Crippen molar-refractivity contribution in [3.8, 4) is 0 Å². The minimum absolute atomic E-state index is 0.0605. The van der Waals surface area contributed by atoms with Gasteiger partial charge in [0.2, 0.25) is 11.9 Å². The zero-order chi connectivity index (χ0) is 23.9. The van der Waals surface area contributed by atoms with Crippen molar-refractivity contribution < 1.29 is 14.0 Å². The molecule has 176 valence electrons. The molecule has 2 aliphatic rings. The van der Waals surface area contributed by atoms with Gasteiger partial charge in [0.15, 0.2) is 5.78 Å². The Labute approximate surface area is 198 Å². The molecule has 1 atom stereocenters. The first-order valence-electron chi connectivity index (χ1n) is 11.3. The standard InChI is InChI=1S/C24H21FN8O2/c25-22-15(4-6-18(33-22)31-13-3-5-17(26-8-13)12-1-2-12)21(35)16-10-28-23-20(16)24(30-11-29-23)32-14-7-19(34)27-9-14/h3-6,8,10-12,14H,1-2,7,9H2,(H,27,34)(H,31,33)(H2,28,29,30,32). The van der Waals surface area contributed by atoms with Crippen LogP contribution in [0.1, 0.15) is 46.8 Å². The Morgan fingerprint density at radius 2 is 1.97 bits per heavy atom. The van der Waals surface area contributed by atoms with Crippen LogP contribution >= 0.6 is 0 Å². The van der Waals surface area contributed by atoms with E-state index in [2.05, 4.69) is 40.9 Å². The van der Waals surface area contributed by atoms with Crippen LogP contribution in [0.25, 0.3) is 11.0 Å². The summed E-state index contributed by atoms with van der Waals surface area (Å²) in [5.74, 6) is -0.295. The van der Waals surface area contributed by atoms with E-state index in [4.69, 9.17) is 0 Å². The van der Waals surface area contributed by atoms with E-state index in [0.717, 1.165) is 5.69 Å². The number of amides is 1. The Kier molecular flexibility index (Phi) is 5.09. The highest BCUT2D eigenvalue weighted by Crippen LogP contribution is 2.39. The second-order valence-corrected chi connectivity index (χ2v) is 8.73. The topological polar surface area (TPSA) is 138 Å². The van der Waals surface area contributed by atoms with E-state index in [0.29, 0.717) is 41.4 Å². The van der Waals surface area contributed by atoms with Gasteiger partial charge < -0.3 is 20.9 Å². The van der Waals surface area contributed by atoms with Crippen molar-refractivity contribution >= 4 is 40.0 Å². The highest BCUT2D eigenvalue weighted by atomic mass is 19.1. The molecule has 1 aliphatic carbocycles. The molecule has 1 saturated carbocycles. The maximum Gasteiger partial charge on any atom is 0.226 e. The number of hydrogen-bond donors (Lipinski definition) is 4. The Morgan fingerprint density at radius 1 is 1.09 bits per heavy atom. The average Bonchev–Trinajstić information content (AvgIpc) is 3.48. The van der Waals surface area contributed by atoms with E-state index < -0.39 is 11.7 Å². The summed E-state index contributed by atoms with van der Waals surface area (Å²) >= 11 is 0. The lowest BCUT2D eigenvalue weighted by Gasteiger charge is -2.12. The van der Waals surface area contributed by atoms with Crippen LogP contribution in [-0.2, 0) is 4.79 Å². The second-order valence-electron chi connectivity index (χ2n) is 8.73. The molecule has 10 nitrogen and oxygen atoms in total. The number of nitrogens with one attached hydrogen (secondary N) is 4. The maximum absolute atomic E-state index is 15.0. The number of pyridine rings is 2. The Balaban J connectivity index is 1.25. The van der Waals surface area contributed by atoms with Crippen molar-refractivity contribution in [3.63, 3.8) is 0 Å². The van der Waals surface area contributed by atoms with E-state index in [-0.39, 0.29) is 28.9 Å². The normalized spacial score (nSPS) is 17.4. The van der Waals surface area contributed by atoms with Crippen molar-refractivity contribution in [1.29, 1.82) is 0 Å². The van der Waals surface area contributed by atoms with E-state index >= 15 is 0 Å². The molecular formula is C24H21FN8O2. The number of ketones is 1. The predicted molar refractivity (Wildman–Crippen MR) is 126 cm³/mol. The maximum atomic E-state index is 15.0. The fourth-order valence-corrected chi connectivity index (χ4v) is 4.22. The molecule has 0 aromatic carbocycles. The number of rotatable bonds is 7. The van der Waals surface area contributed by atoms with Gasteiger partial charge in [-0.1, -0.05) is 0 Å². The molecule has 35 heavy (non-hydrogen) atoms. The van der Waals surface area contributed by atoms with Crippen LogP contribution in [0.2, 0.25) is 0 Å². The monoisotopic (exact) mass is 472 g/mol. The molecule has 0 radical (unpaired) electrons. The van der Waals surface area contributed by atoms with Crippen LogP contribution in [0, 0.1) is 5.95 Å². The first-order valence-corrected chi connectivity index (χ1v) is 11.3. The van der Waals surface area contributed by atoms with Gasteiger partial charge in [0.1, 0.15) is 23.6 Å². The lowest BCUT2D eigenvalue weighted by Crippen LogP contribution is -2.23. The van der Waals surface area contributed by atoms with E-state index in [1.54, 1.807) is 12.3 Å². The molecule has 6 rings (SSSR count). The summed E-state index contributed by atoms with van der Waals surface area (Å²) < 4.78 is 15.0. The fraction of sp³-hybridized carbons (Fsp3) is 0.250. The van der Waals surface area contributed by atoms with Gasteiger partial charge in [-0.2, -0.15) is 4.39 Å². The molecule has 0 bridgehead atoms. The average molecular weight is 472 g/mol. The van der Waals surface area contributed by atoms with Crippen molar-refractivity contribution in [3.05, 3.63) is 65.8 Å². The van der Waals surface area contributed by atoms with Gasteiger partial charge in [0.25, 0.3) is 0 Å². The summed E-state index contributed by atoms with van der Waals surface area (Å²) in [6.45, 7) is 0.448. The molecule has 2 fully saturated rings. The van der Waals surface area contributed by atoms with Crippen LogP contribution < -0.4 is 16.0 Å². The predicted octanol–water partition coefficient (Wildman–Crippen LogP) is 3.04. The molecule has 4 aromatic heterocycles. The van der Waals surface area contributed by atoms with E-state index in [1.807, 2.05) is 12.1 Å². The lowest BCUT2D eigenvalue weighted by molar-refractivity contribution is -0.119. The summed E-state index contributed by atoms with van der Waals surface area (Å²) in [5.41, 5.74) is 2.21. The number of aromatic nitrogens is 5. The number of carbonyl (C=O) groups is 2. The molecule has 4 N–H and O–H groups in total. The van der Waals surface area contributed by atoms with E-state index in [9.17, 15) is 14.0 Å². The quantitative estimate of drug-likeness (QED) is 0.238. The van der Waals surface area contributed by atoms with Gasteiger partial charge in [-0.3, -0.25) is 14.6 Å². The van der Waals surface area contributed by atoms with Crippen molar-refractivity contribution in [2.75, 3.05) is 17.2 Å². The largest absolute Gasteiger partial charge is 0.364 e. The van der Waals surface area contributed by atoms with Gasteiger partial charge in [-0.15, -0.1) is 0 Å². The third-order valence-corrected chi connectivity index (χ3v) is 6.18. The van der Waals surface area contributed by atoms with Gasteiger partial charge in [0, 0.05) is 30.8 Å². The number of anilines is 3. The van der Waals surface area contributed by atoms with Gasteiger partial charge in [-0.25, -0.2) is 15.0 Å². The molecule has 1 amide bonds. The molecule has 1 unspecified atom stereocenters. The van der Waals surface area contributed by atoms with Crippen molar-refractivity contribution in [1.82, 2.24) is 30.2 Å². The molecule has 5 heterocycles. The SMILES string of the molecule is O=C1CC(Nc2ncnc3[nH]cc(C(=O)c4ccc(Nc5ccc(C6CC6)nc5)nc4F)c23)CN1. The number of fused-ring (bicyclic) bond motifs is 1. The molecule has 4 aromatic rings. The van der Waals surface area contributed by atoms with Crippen molar-refractivity contribution in [2.24, 2.45) is 0 Å². The Morgan fingerprint density at radius 3 is 2.69 bits per heavy atom. The third-order valence-electron chi connectivity index (χ3n) is 6.18. The first kappa shape index (κ1) is 21.1. The molecule has 0 spiro atoms. The van der Waals surface area contributed by atoms with Gasteiger partial charge in [-0.05, 0) is 37.1 Å². The van der Waals surface area contributed by atoms with Crippen molar-refractivity contribution in [2.45, 2.75) is 31.2 Å². The smallest absolute Gasteiger partial charge is 0.226 e. The van der Waals surface area contributed by atoms with Crippen LogP contribution in [0.15, 0.2) is 43.0 Å². The molecule has 1 saturated heterocycles.